The van der Waals surface area contributed by atoms with Crippen LogP contribution in [0.4, 0.5) is 0 Å². The van der Waals surface area contributed by atoms with Gasteiger partial charge in [-0.05, 0) is 48.5 Å². The Morgan fingerprint density at radius 3 is 1.76 bits per heavy atom. The van der Waals surface area contributed by atoms with Crippen molar-refractivity contribution >= 4 is 27.7 Å². The van der Waals surface area contributed by atoms with Crippen molar-refractivity contribution in [3.05, 3.63) is 58.6 Å². The summed E-state index contributed by atoms with van der Waals surface area (Å²) >= 11 is 3.30. The van der Waals surface area contributed by atoms with E-state index in [0.717, 1.165) is 4.47 Å². The van der Waals surface area contributed by atoms with Crippen LogP contribution in [0.5, 0.6) is 11.5 Å². The first-order chi connectivity index (χ1) is 12.1. The van der Waals surface area contributed by atoms with Crippen molar-refractivity contribution in [2.75, 3.05) is 13.2 Å². The fourth-order valence-electron chi connectivity index (χ4n) is 1.67. The molecule has 0 fully saturated rings. The summed E-state index contributed by atoms with van der Waals surface area (Å²) in [5.74, 6) is -0.0520. The van der Waals surface area contributed by atoms with E-state index in [1.807, 2.05) is 6.07 Å². The Morgan fingerprint density at radius 2 is 1.32 bits per heavy atom. The molecular formula is C17H14BrN3O4. The van der Waals surface area contributed by atoms with Crippen LogP contribution >= 0.6 is 15.9 Å². The van der Waals surface area contributed by atoms with Gasteiger partial charge in [-0.25, -0.2) is 0 Å². The van der Waals surface area contributed by atoms with Gasteiger partial charge in [-0.1, -0.05) is 15.9 Å². The highest BCUT2D eigenvalue weighted by Crippen LogP contribution is 2.15. The first-order valence-corrected chi connectivity index (χ1v) is 7.95. The number of hydrogen-bond acceptors (Lipinski definition) is 5. The average Bonchev–Trinajstić information content (AvgIpc) is 2.64. The number of hydrazine groups is 1. The normalized spacial score (nSPS) is 9.60. The van der Waals surface area contributed by atoms with Crippen molar-refractivity contribution in [3.8, 4) is 17.6 Å². The molecule has 128 valence electrons. The predicted molar refractivity (Wildman–Crippen MR) is 92.6 cm³/mol. The minimum Gasteiger partial charge on any atom is -0.484 e. The number of hydrogen-bond donors (Lipinski definition) is 2. The van der Waals surface area contributed by atoms with E-state index < -0.39 is 11.8 Å². The van der Waals surface area contributed by atoms with Gasteiger partial charge < -0.3 is 9.47 Å². The molecular weight excluding hydrogens is 390 g/mol. The van der Waals surface area contributed by atoms with E-state index in [9.17, 15) is 9.59 Å². The molecule has 2 aromatic rings. The topological polar surface area (TPSA) is 100 Å². The number of nitrogens with one attached hydrogen (secondary N) is 2. The largest absolute Gasteiger partial charge is 0.484 e. The summed E-state index contributed by atoms with van der Waals surface area (Å²) in [7, 11) is 0. The maximum atomic E-state index is 11.6. The number of halogens is 1. The van der Waals surface area contributed by atoms with Gasteiger partial charge in [0.2, 0.25) is 0 Å². The Kier molecular flexibility index (Phi) is 6.80. The molecule has 0 saturated heterocycles. The van der Waals surface area contributed by atoms with E-state index >= 15 is 0 Å². The summed E-state index contributed by atoms with van der Waals surface area (Å²) in [6.45, 7) is -0.516. The molecule has 2 amide bonds. The zero-order valence-electron chi connectivity index (χ0n) is 13.0. The molecule has 8 heteroatoms. The Bertz CT molecular complexity index is 770. The van der Waals surface area contributed by atoms with Crippen molar-refractivity contribution in [2.24, 2.45) is 0 Å². The van der Waals surface area contributed by atoms with E-state index in [1.54, 1.807) is 48.5 Å². The van der Waals surface area contributed by atoms with E-state index in [0.29, 0.717) is 17.1 Å². The van der Waals surface area contributed by atoms with Gasteiger partial charge in [0.05, 0.1) is 11.6 Å². The first-order valence-electron chi connectivity index (χ1n) is 7.16. The van der Waals surface area contributed by atoms with Gasteiger partial charge in [0.15, 0.2) is 13.2 Å². The van der Waals surface area contributed by atoms with Crippen LogP contribution < -0.4 is 20.3 Å². The average molecular weight is 404 g/mol. The lowest BCUT2D eigenvalue weighted by Crippen LogP contribution is -2.45. The third-order valence-electron chi connectivity index (χ3n) is 2.88. The van der Waals surface area contributed by atoms with Crippen molar-refractivity contribution in [1.29, 1.82) is 5.26 Å². The Morgan fingerprint density at radius 1 is 0.880 bits per heavy atom. The molecule has 0 radical (unpaired) electrons. The van der Waals surface area contributed by atoms with Crippen LogP contribution in [0.3, 0.4) is 0 Å². The number of rotatable bonds is 6. The lowest BCUT2D eigenvalue weighted by Gasteiger charge is -2.09. The van der Waals surface area contributed by atoms with Gasteiger partial charge in [0.25, 0.3) is 11.8 Å². The molecule has 25 heavy (non-hydrogen) atoms. The van der Waals surface area contributed by atoms with Gasteiger partial charge in [-0.15, -0.1) is 0 Å². The van der Waals surface area contributed by atoms with Crippen LogP contribution in [0.15, 0.2) is 53.0 Å². The van der Waals surface area contributed by atoms with Gasteiger partial charge in [0, 0.05) is 4.47 Å². The Balaban J connectivity index is 1.65. The lowest BCUT2D eigenvalue weighted by atomic mass is 10.2. The number of amides is 2. The van der Waals surface area contributed by atoms with E-state index in [1.165, 1.54) is 0 Å². The number of ether oxygens (including phenoxy) is 2. The summed E-state index contributed by atoms with van der Waals surface area (Å²) < 4.78 is 11.4. The van der Waals surface area contributed by atoms with E-state index in [2.05, 4.69) is 26.8 Å². The van der Waals surface area contributed by atoms with Crippen molar-refractivity contribution in [3.63, 3.8) is 0 Å². The standard InChI is InChI=1S/C17H14BrN3O4/c18-13-3-7-15(8-4-13)25-11-17(23)21-20-16(22)10-24-14-5-1-12(9-19)2-6-14/h1-8H,10-11H2,(H,20,22)(H,21,23). The molecule has 0 aromatic heterocycles. The molecule has 0 atom stereocenters. The monoisotopic (exact) mass is 403 g/mol. The third kappa shape index (κ3) is 6.53. The van der Waals surface area contributed by atoms with Gasteiger partial charge in [0.1, 0.15) is 11.5 Å². The zero-order chi connectivity index (χ0) is 18.1. The summed E-state index contributed by atoms with van der Waals surface area (Å²) in [4.78, 5) is 23.2. The summed E-state index contributed by atoms with van der Waals surface area (Å²) in [6.07, 6.45) is 0. The highest BCUT2D eigenvalue weighted by atomic mass is 79.9. The summed E-state index contributed by atoms with van der Waals surface area (Å²) in [6, 6.07) is 15.3. The molecule has 7 nitrogen and oxygen atoms in total. The highest BCUT2D eigenvalue weighted by Gasteiger charge is 2.06. The fourth-order valence-corrected chi connectivity index (χ4v) is 1.93. The van der Waals surface area contributed by atoms with Crippen LogP contribution in [0.2, 0.25) is 0 Å². The van der Waals surface area contributed by atoms with Gasteiger partial charge >= 0.3 is 0 Å². The van der Waals surface area contributed by atoms with Gasteiger partial charge in [-0.3, -0.25) is 20.4 Å². The molecule has 2 N–H and O–H groups in total. The number of carbonyl (C=O) groups is 2. The number of carbonyl (C=O) groups excluding carboxylic acids is 2. The predicted octanol–water partition coefficient (Wildman–Crippen LogP) is 1.93. The molecule has 0 aliphatic carbocycles. The molecule has 0 unspecified atom stereocenters. The lowest BCUT2D eigenvalue weighted by molar-refractivity contribution is -0.131. The second-order valence-corrected chi connectivity index (χ2v) is 5.68. The minimum absolute atomic E-state index is 0.238. The number of nitrogens with zero attached hydrogens (tertiary/aromatic N) is 1. The number of nitriles is 1. The van der Waals surface area contributed by atoms with Crippen molar-refractivity contribution in [1.82, 2.24) is 10.9 Å². The molecule has 0 aliphatic rings. The molecule has 0 spiro atoms. The van der Waals surface area contributed by atoms with E-state index in [-0.39, 0.29) is 13.2 Å². The Labute approximate surface area is 152 Å². The fraction of sp³-hybridized carbons (Fsp3) is 0.118. The minimum atomic E-state index is -0.527. The molecule has 0 aliphatic heterocycles. The third-order valence-corrected chi connectivity index (χ3v) is 3.41. The first kappa shape index (κ1) is 18.3. The molecule has 2 aromatic carbocycles. The van der Waals surface area contributed by atoms with Crippen molar-refractivity contribution < 1.29 is 19.1 Å². The van der Waals surface area contributed by atoms with E-state index in [4.69, 9.17) is 14.7 Å². The highest BCUT2D eigenvalue weighted by molar-refractivity contribution is 9.10. The second kappa shape index (κ2) is 9.30. The molecule has 0 saturated carbocycles. The SMILES string of the molecule is N#Cc1ccc(OCC(=O)NNC(=O)COc2ccc(Br)cc2)cc1. The zero-order valence-corrected chi connectivity index (χ0v) is 14.6. The van der Waals surface area contributed by atoms with Crippen LogP contribution in [0, 0.1) is 11.3 Å². The van der Waals surface area contributed by atoms with Crippen LogP contribution in [0.1, 0.15) is 5.56 Å². The quantitative estimate of drug-likeness (QED) is 0.717. The molecule has 2 rings (SSSR count). The second-order valence-electron chi connectivity index (χ2n) is 4.76. The molecule has 0 heterocycles. The van der Waals surface area contributed by atoms with Crippen LogP contribution in [-0.4, -0.2) is 25.0 Å². The summed E-state index contributed by atoms with van der Waals surface area (Å²) in [5.41, 5.74) is 4.94. The van der Waals surface area contributed by atoms with Crippen LogP contribution in [0.25, 0.3) is 0 Å². The maximum Gasteiger partial charge on any atom is 0.276 e. The smallest absolute Gasteiger partial charge is 0.276 e. The van der Waals surface area contributed by atoms with Gasteiger partial charge in [-0.2, -0.15) is 5.26 Å². The van der Waals surface area contributed by atoms with Crippen molar-refractivity contribution in [2.45, 2.75) is 0 Å². The maximum absolute atomic E-state index is 11.6. The Hall–Kier alpha value is -3.05. The van der Waals surface area contributed by atoms with Crippen LogP contribution in [-0.2, 0) is 9.59 Å². The summed E-state index contributed by atoms with van der Waals surface area (Å²) in [5, 5.41) is 8.69. The molecule has 0 bridgehead atoms. The number of benzene rings is 2.